The van der Waals surface area contributed by atoms with Crippen molar-refractivity contribution in [2.75, 3.05) is 18.5 Å². The van der Waals surface area contributed by atoms with Crippen LogP contribution in [-0.2, 0) is 7.05 Å². The Labute approximate surface area is 197 Å². The maximum atomic E-state index is 6.39. The molecule has 0 bridgehead atoms. The van der Waals surface area contributed by atoms with Crippen LogP contribution in [0.15, 0.2) is 49.1 Å². The van der Waals surface area contributed by atoms with Crippen molar-refractivity contribution in [1.29, 1.82) is 0 Å². The largest absolute Gasteiger partial charge is 0.492 e. The van der Waals surface area contributed by atoms with E-state index in [1.54, 1.807) is 16.9 Å². The van der Waals surface area contributed by atoms with Gasteiger partial charge in [0.25, 0.3) is 0 Å². The minimum Gasteiger partial charge on any atom is -0.492 e. The Morgan fingerprint density at radius 1 is 1.09 bits per heavy atom. The summed E-state index contributed by atoms with van der Waals surface area (Å²) in [6, 6.07) is 9.53. The molecule has 0 fully saturated rings. The number of fused-ring (bicyclic) bond motifs is 1. The smallest absolute Gasteiger partial charge is 0.238 e. The second kappa shape index (κ2) is 10.5. The molecule has 172 valence electrons. The van der Waals surface area contributed by atoms with Gasteiger partial charge in [-0.2, -0.15) is 5.10 Å². The van der Waals surface area contributed by atoms with Crippen LogP contribution in [0.3, 0.4) is 0 Å². The van der Waals surface area contributed by atoms with Gasteiger partial charge in [-0.25, -0.2) is 15.0 Å². The molecule has 33 heavy (non-hydrogen) atoms. The van der Waals surface area contributed by atoms with Gasteiger partial charge in [-0.15, -0.1) is 0 Å². The van der Waals surface area contributed by atoms with Crippen LogP contribution < -0.4 is 20.1 Å². The van der Waals surface area contributed by atoms with Crippen LogP contribution in [0.2, 0.25) is 5.02 Å². The van der Waals surface area contributed by atoms with Crippen LogP contribution in [0.25, 0.3) is 10.9 Å². The first-order valence-corrected chi connectivity index (χ1v) is 11.1. The number of nitrogens with zero attached hydrogens (tertiary/aromatic N) is 5. The second-order valence-electron chi connectivity index (χ2n) is 7.77. The molecule has 10 heteroatoms. The predicted octanol–water partition coefficient (Wildman–Crippen LogP) is 4.71. The number of anilines is 2. The summed E-state index contributed by atoms with van der Waals surface area (Å²) in [5.74, 6) is 2.76. The second-order valence-corrected chi connectivity index (χ2v) is 8.18. The third kappa shape index (κ3) is 6.09. The first-order valence-electron chi connectivity index (χ1n) is 10.7. The highest BCUT2D eigenvalue weighted by Crippen LogP contribution is 2.32. The molecule has 0 radical (unpaired) electrons. The van der Waals surface area contributed by atoms with Gasteiger partial charge in [0.1, 0.15) is 28.7 Å². The van der Waals surface area contributed by atoms with Gasteiger partial charge < -0.3 is 20.1 Å². The highest BCUT2D eigenvalue weighted by Gasteiger charge is 2.11. The molecule has 1 aromatic carbocycles. The zero-order chi connectivity index (χ0) is 23.2. The highest BCUT2D eigenvalue weighted by atomic mass is 35.5. The summed E-state index contributed by atoms with van der Waals surface area (Å²) < 4.78 is 13.4. The van der Waals surface area contributed by atoms with Crippen LogP contribution in [0.4, 0.5) is 11.6 Å². The van der Waals surface area contributed by atoms with Crippen molar-refractivity contribution < 1.29 is 9.47 Å². The van der Waals surface area contributed by atoms with E-state index < -0.39 is 0 Å². The molecule has 0 saturated carbocycles. The lowest BCUT2D eigenvalue weighted by Crippen LogP contribution is -2.24. The van der Waals surface area contributed by atoms with Crippen molar-refractivity contribution in [3.63, 3.8) is 0 Å². The Hall–Kier alpha value is -3.43. The van der Waals surface area contributed by atoms with E-state index in [-0.39, 0.29) is 0 Å². The number of ether oxygens (including phenoxy) is 2. The number of halogens is 1. The Balaban J connectivity index is 1.45. The molecular weight excluding hydrogens is 442 g/mol. The first kappa shape index (κ1) is 22.8. The van der Waals surface area contributed by atoms with Crippen LogP contribution in [0.5, 0.6) is 17.4 Å². The molecule has 0 amide bonds. The Kier molecular flexibility index (Phi) is 7.21. The van der Waals surface area contributed by atoms with Gasteiger partial charge in [0.15, 0.2) is 5.82 Å². The molecule has 0 atom stereocenters. The molecular formula is C23H26ClN7O2. The quantitative estimate of drug-likeness (QED) is 0.323. The van der Waals surface area contributed by atoms with E-state index in [2.05, 4.69) is 44.5 Å². The van der Waals surface area contributed by atoms with Crippen molar-refractivity contribution in [1.82, 2.24) is 30.0 Å². The van der Waals surface area contributed by atoms with Crippen molar-refractivity contribution in [2.45, 2.75) is 26.3 Å². The van der Waals surface area contributed by atoms with Crippen molar-refractivity contribution in [2.24, 2.45) is 7.05 Å². The predicted molar refractivity (Wildman–Crippen MR) is 129 cm³/mol. The van der Waals surface area contributed by atoms with Gasteiger partial charge in [0.05, 0.1) is 18.3 Å². The monoisotopic (exact) mass is 467 g/mol. The van der Waals surface area contributed by atoms with Gasteiger partial charge in [-0.3, -0.25) is 4.68 Å². The van der Waals surface area contributed by atoms with E-state index in [9.17, 15) is 0 Å². The Bertz CT molecular complexity index is 1230. The lowest BCUT2D eigenvalue weighted by molar-refractivity contribution is 0.304. The fourth-order valence-electron chi connectivity index (χ4n) is 3.13. The standard InChI is InChI=1S/C23H26ClN7O2/c1-15(2)25-8-4-10-32-17-12-19(24)23(26-13-17)33-16-5-6-20-18(11-16)22(28-14-27-20)29-21-7-9-31(3)30-21/h5-7,9,11-15,25H,4,8,10H2,1-3H3,(H,27,28,29,30). The molecule has 4 aromatic rings. The molecule has 9 nitrogen and oxygen atoms in total. The number of pyridine rings is 1. The van der Waals surface area contributed by atoms with E-state index in [1.807, 2.05) is 37.5 Å². The van der Waals surface area contributed by atoms with Gasteiger partial charge >= 0.3 is 0 Å². The summed E-state index contributed by atoms with van der Waals surface area (Å²) in [5, 5.41) is 12.0. The Morgan fingerprint density at radius 3 is 2.73 bits per heavy atom. The topological polar surface area (TPSA) is 99.0 Å². The van der Waals surface area contributed by atoms with Gasteiger partial charge in [-0.05, 0) is 31.2 Å². The molecule has 0 spiro atoms. The van der Waals surface area contributed by atoms with Crippen LogP contribution in [-0.4, -0.2) is 43.9 Å². The number of aryl methyl sites for hydroxylation is 1. The van der Waals surface area contributed by atoms with Crippen molar-refractivity contribution in [3.8, 4) is 17.4 Å². The van der Waals surface area contributed by atoms with Gasteiger partial charge in [0, 0.05) is 36.8 Å². The molecule has 0 unspecified atom stereocenters. The average molecular weight is 468 g/mol. The highest BCUT2D eigenvalue weighted by molar-refractivity contribution is 6.32. The first-order chi connectivity index (χ1) is 16.0. The number of rotatable bonds is 10. The van der Waals surface area contributed by atoms with Crippen LogP contribution in [0.1, 0.15) is 20.3 Å². The molecule has 0 aliphatic heterocycles. The fraction of sp³-hybridized carbons (Fsp3) is 0.304. The summed E-state index contributed by atoms with van der Waals surface area (Å²) >= 11 is 6.39. The minimum absolute atomic E-state index is 0.293. The molecule has 0 aliphatic carbocycles. The van der Waals surface area contributed by atoms with E-state index in [4.69, 9.17) is 21.1 Å². The zero-order valence-electron chi connectivity index (χ0n) is 18.7. The van der Waals surface area contributed by atoms with Crippen molar-refractivity contribution >= 4 is 34.1 Å². The number of hydrogen-bond acceptors (Lipinski definition) is 8. The summed E-state index contributed by atoms with van der Waals surface area (Å²) in [4.78, 5) is 13.0. The molecule has 4 rings (SSSR count). The normalized spacial score (nSPS) is 11.2. The summed E-state index contributed by atoms with van der Waals surface area (Å²) in [6.07, 6.45) is 5.85. The van der Waals surface area contributed by atoms with E-state index >= 15 is 0 Å². The number of benzene rings is 1. The third-order valence-corrected chi connectivity index (χ3v) is 4.98. The van der Waals surface area contributed by atoms with E-state index in [0.717, 1.165) is 23.9 Å². The number of nitrogens with one attached hydrogen (secondary N) is 2. The molecule has 2 N–H and O–H groups in total. The molecule has 3 aromatic heterocycles. The SMILES string of the molecule is CC(C)NCCCOc1cnc(Oc2ccc3ncnc(Nc4ccn(C)n4)c3c2)c(Cl)c1. The fourth-order valence-corrected chi connectivity index (χ4v) is 3.32. The van der Waals surface area contributed by atoms with Gasteiger partial charge in [0.2, 0.25) is 5.88 Å². The third-order valence-electron chi connectivity index (χ3n) is 4.71. The number of aromatic nitrogens is 5. The molecule has 0 aliphatic rings. The van der Waals surface area contributed by atoms with E-state index in [1.165, 1.54) is 6.33 Å². The number of hydrogen-bond donors (Lipinski definition) is 2. The summed E-state index contributed by atoms with van der Waals surface area (Å²) in [7, 11) is 1.85. The zero-order valence-corrected chi connectivity index (χ0v) is 19.5. The summed E-state index contributed by atoms with van der Waals surface area (Å²) in [6.45, 7) is 5.70. The average Bonchev–Trinajstić information content (AvgIpc) is 3.20. The summed E-state index contributed by atoms with van der Waals surface area (Å²) in [5.41, 5.74) is 0.769. The Morgan fingerprint density at radius 2 is 1.97 bits per heavy atom. The van der Waals surface area contributed by atoms with Crippen LogP contribution in [0, 0.1) is 0 Å². The van der Waals surface area contributed by atoms with Gasteiger partial charge in [-0.1, -0.05) is 25.4 Å². The maximum Gasteiger partial charge on any atom is 0.238 e. The molecule has 3 heterocycles. The maximum absolute atomic E-state index is 6.39. The minimum atomic E-state index is 0.293. The van der Waals surface area contributed by atoms with Crippen molar-refractivity contribution in [3.05, 3.63) is 54.1 Å². The lowest BCUT2D eigenvalue weighted by Gasteiger charge is -2.11. The van der Waals surface area contributed by atoms with Crippen LogP contribution >= 0.6 is 11.6 Å². The van der Waals surface area contributed by atoms with E-state index in [0.29, 0.717) is 46.7 Å². The lowest BCUT2D eigenvalue weighted by atomic mass is 10.2. The molecule has 0 saturated heterocycles.